The molecule has 1 aliphatic rings. The minimum atomic E-state index is -0.470. The largest absolute Gasteiger partial charge is 0.495 e. The maximum absolute atomic E-state index is 13.8. The quantitative estimate of drug-likeness (QED) is 0.322. The molecule has 1 saturated heterocycles. The molecule has 0 atom stereocenters. The number of anilines is 1. The van der Waals surface area contributed by atoms with E-state index in [-0.39, 0.29) is 17.2 Å². The molecule has 1 amide bonds. The van der Waals surface area contributed by atoms with Gasteiger partial charge in [0, 0.05) is 43.4 Å². The number of ether oxygens (including phenoxy) is 3. The molecule has 0 unspecified atom stereocenters. The number of aromatic nitrogens is 1. The summed E-state index contributed by atoms with van der Waals surface area (Å²) in [6.07, 6.45) is 0.712. The van der Waals surface area contributed by atoms with Gasteiger partial charge in [0.15, 0.2) is 5.13 Å². The van der Waals surface area contributed by atoms with E-state index in [1.165, 1.54) is 23.5 Å². The fourth-order valence-electron chi connectivity index (χ4n) is 4.15. The summed E-state index contributed by atoms with van der Waals surface area (Å²) in [4.78, 5) is 33.4. The molecule has 2 heterocycles. The van der Waals surface area contributed by atoms with Crippen LogP contribution in [0.4, 0.5) is 10.8 Å². The Kier molecular flexibility index (Phi) is 7.79. The summed E-state index contributed by atoms with van der Waals surface area (Å²) in [5.74, 6) is 0.887. The van der Waals surface area contributed by atoms with Gasteiger partial charge in [-0.15, -0.1) is 0 Å². The number of thiazole rings is 1. The minimum absolute atomic E-state index is 0.0863. The number of carbonyl (C=O) groups excluding carboxylic acids is 1. The highest BCUT2D eigenvalue weighted by Crippen LogP contribution is 2.40. The van der Waals surface area contributed by atoms with Crippen LogP contribution in [0.25, 0.3) is 10.2 Å². The average Bonchev–Trinajstić information content (AvgIpc) is 3.31. The lowest BCUT2D eigenvalue weighted by molar-refractivity contribution is -0.385. The van der Waals surface area contributed by atoms with E-state index >= 15 is 0 Å². The van der Waals surface area contributed by atoms with Crippen molar-refractivity contribution < 1.29 is 23.9 Å². The number of hydrogen-bond donors (Lipinski definition) is 0. The zero-order valence-corrected chi connectivity index (χ0v) is 20.8. The van der Waals surface area contributed by atoms with Gasteiger partial charge < -0.3 is 14.2 Å². The van der Waals surface area contributed by atoms with E-state index in [2.05, 4.69) is 4.90 Å². The normalized spacial score (nSPS) is 14.1. The Morgan fingerprint density at radius 3 is 2.60 bits per heavy atom. The molecule has 0 N–H and O–H groups in total. The Bertz CT molecular complexity index is 1180. The number of amides is 1. The van der Waals surface area contributed by atoms with Gasteiger partial charge in [-0.1, -0.05) is 17.4 Å². The van der Waals surface area contributed by atoms with Crippen LogP contribution in [-0.4, -0.2) is 74.3 Å². The third-order valence-electron chi connectivity index (χ3n) is 6.07. The van der Waals surface area contributed by atoms with Gasteiger partial charge in [-0.05, 0) is 31.5 Å². The van der Waals surface area contributed by atoms with E-state index < -0.39 is 4.92 Å². The van der Waals surface area contributed by atoms with Crippen LogP contribution in [0, 0.1) is 17.0 Å². The molecule has 35 heavy (non-hydrogen) atoms. The maximum atomic E-state index is 13.8. The van der Waals surface area contributed by atoms with E-state index in [0.717, 1.165) is 24.3 Å². The zero-order chi connectivity index (χ0) is 24.9. The van der Waals surface area contributed by atoms with E-state index in [1.54, 1.807) is 44.2 Å². The third kappa shape index (κ3) is 5.21. The molecule has 1 aliphatic heterocycles. The SMILES string of the molecule is COc1ccc(OC)c2sc(N(CCCN3CCOCC3)C(=O)c3cccc([N+](=O)[O-])c3C)nc12. The number of carbonyl (C=O) groups is 1. The fourth-order valence-corrected chi connectivity index (χ4v) is 5.25. The first-order chi connectivity index (χ1) is 16.9. The lowest BCUT2D eigenvalue weighted by atomic mass is 10.1. The van der Waals surface area contributed by atoms with Gasteiger partial charge in [0.2, 0.25) is 0 Å². The van der Waals surface area contributed by atoms with Crippen LogP contribution in [0.15, 0.2) is 30.3 Å². The van der Waals surface area contributed by atoms with Crippen molar-refractivity contribution in [3.05, 3.63) is 51.6 Å². The fraction of sp³-hybridized carbons (Fsp3) is 0.417. The second kappa shape index (κ2) is 11.0. The van der Waals surface area contributed by atoms with Gasteiger partial charge in [0.25, 0.3) is 11.6 Å². The minimum Gasteiger partial charge on any atom is -0.495 e. The number of nitro benzene ring substituents is 1. The smallest absolute Gasteiger partial charge is 0.273 e. The Labute approximate surface area is 207 Å². The molecule has 10 nitrogen and oxygen atoms in total. The Balaban J connectivity index is 1.71. The van der Waals surface area contributed by atoms with Crippen molar-refractivity contribution in [2.45, 2.75) is 13.3 Å². The average molecular weight is 501 g/mol. The first-order valence-corrected chi connectivity index (χ1v) is 12.1. The van der Waals surface area contributed by atoms with Gasteiger partial charge in [-0.2, -0.15) is 0 Å². The molecule has 2 aromatic carbocycles. The molecule has 186 valence electrons. The van der Waals surface area contributed by atoms with E-state index in [4.69, 9.17) is 19.2 Å². The number of fused-ring (bicyclic) bond motifs is 1. The van der Waals surface area contributed by atoms with Gasteiger partial charge in [-0.3, -0.25) is 24.7 Å². The third-order valence-corrected chi connectivity index (χ3v) is 7.16. The first-order valence-electron chi connectivity index (χ1n) is 11.3. The van der Waals surface area contributed by atoms with Crippen LogP contribution < -0.4 is 14.4 Å². The predicted molar refractivity (Wildman–Crippen MR) is 134 cm³/mol. The van der Waals surface area contributed by atoms with Crippen molar-refractivity contribution >= 4 is 38.3 Å². The van der Waals surface area contributed by atoms with E-state index in [9.17, 15) is 14.9 Å². The van der Waals surface area contributed by atoms with Gasteiger partial charge >= 0.3 is 0 Å². The predicted octanol–water partition coefficient (Wildman–Crippen LogP) is 3.90. The molecular formula is C24H28N4O6S. The number of methoxy groups -OCH3 is 2. The molecule has 1 fully saturated rings. The Morgan fingerprint density at radius 1 is 1.20 bits per heavy atom. The highest BCUT2D eigenvalue weighted by atomic mass is 32.1. The van der Waals surface area contributed by atoms with Crippen LogP contribution in [-0.2, 0) is 4.74 Å². The number of rotatable bonds is 9. The standard InChI is InChI=1S/C24H28N4O6S/c1-16-17(6-4-7-18(16)28(30)31)23(29)27(11-5-10-26-12-14-34-15-13-26)24-25-21-19(32-2)8-9-20(33-3)22(21)35-24/h4,6-9H,5,10-15H2,1-3H3. The molecule has 0 aliphatic carbocycles. The number of morpholine rings is 1. The van der Waals surface area contributed by atoms with Crippen LogP contribution in [0.2, 0.25) is 0 Å². The summed E-state index contributed by atoms with van der Waals surface area (Å²) in [6.45, 7) is 5.92. The number of hydrogen-bond acceptors (Lipinski definition) is 9. The van der Waals surface area contributed by atoms with E-state index in [0.29, 0.717) is 53.9 Å². The van der Waals surface area contributed by atoms with Crippen LogP contribution in [0.5, 0.6) is 11.5 Å². The number of nitrogens with zero attached hydrogens (tertiary/aromatic N) is 4. The Morgan fingerprint density at radius 2 is 1.91 bits per heavy atom. The summed E-state index contributed by atoms with van der Waals surface area (Å²) in [6, 6.07) is 8.14. The molecule has 3 aromatic rings. The van der Waals surface area contributed by atoms with E-state index in [1.807, 2.05) is 0 Å². The molecular weight excluding hydrogens is 472 g/mol. The lowest BCUT2D eigenvalue weighted by Crippen LogP contribution is -2.39. The zero-order valence-electron chi connectivity index (χ0n) is 20.0. The van der Waals surface area contributed by atoms with Crippen molar-refractivity contribution in [2.75, 3.05) is 58.5 Å². The molecule has 11 heteroatoms. The summed E-state index contributed by atoms with van der Waals surface area (Å²) >= 11 is 1.33. The van der Waals surface area contributed by atoms with Crippen LogP contribution in [0.3, 0.4) is 0 Å². The molecule has 0 radical (unpaired) electrons. The van der Waals surface area contributed by atoms with Crippen molar-refractivity contribution in [2.24, 2.45) is 0 Å². The number of benzene rings is 2. The highest BCUT2D eigenvalue weighted by molar-refractivity contribution is 7.22. The maximum Gasteiger partial charge on any atom is 0.273 e. The molecule has 0 saturated carbocycles. The molecule has 1 aromatic heterocycles. The highest BCUT2D eigenvalue weighted by Gasteiger charge is 2.27. The topological polar surface area (TPSA) is 107 Å². The molecule has 4 rings (SSSR count). The lowest BCUT2D eigenvalue weighted by Gasteiger charge is -2.28. The van der Waals surface area contributed by atoms with Crippen molar-refractivity contribution in [3.63, 3.8) is 0 Å². The second-order valence-electron chi connectivity index (χ2n) is 8.12. The summed E-state index contributed by atoms with van der Waals surface area (Å²) < 4.78 is 17.2. The van der Waals surface area contributed by atoms with Crippen LogP contribution >= 0.6 is 11.3 Å². The van der Waals surface area contributed by atoms with Gasteiger partial charge in [-0.25, -0.2) is 4.98 Å². The first kappa shape index (κ1) is 24.8. The van der Waals surface area contributed by atoms with Gasteiger partial charge in [0.05, 0.1) is 32.4 Å². The number of nitro groups is 1. The molecule has 0 spiro atoms. The van der Waals surface area contributed by atoms with Gasteiger partial charge in [0.1, 0.15) is 21.7 Å². The van der Waals surface area contributed by atoms with Crippen LogP contribution in [0.1, 0.15) is 22.3 Å². The molecule has 0 bridgehead atoms. The van der Waals surface area contributed by atoms with Crippen molar-refractivity contribution in [1.29, 1.82) is 0 Å². The Hall–Kier alpha value is -3.28. The van der Waals surface area contributed by atoms with Crippen molar-refractivity contribution in [3.8, 4) is 11.5 Å². The summed E-state index contributed by atoms with van der Waals surface area (Å²) in [5.41, 5.74) is 1.13. The summed E-state index contributed by atoms with van der Waals surface area (Å²) in [7, 11) is 3.15. The van der Waals surface area contributed by atoms with Crippen molar-refractivity contribution in [1.82, 2.24) is 9.88 Å². The monoisotopic (exact) mass is 500 g/mol. The summed E-state index contributed by atoms with van der Waals surface area (Å²) in [5, 5.41) is 12.0. The second-order valence-corrected chi connectivity index (χ2v) is 9.09.